The highest BCUT2D eigenvalue weighted by Crippen LogP contribution is 2.23. The zero-order valence-corrected chi connectivity index (χ0v) is 13.0. The number of hydrogen-bond donors (Lipinski definition) is 0. The van der Waals surface area contributed by atoms with Crippen LogP contribution in [0, 0.1) is 5.92 Å². The van der Waals surface area contributed by atoms with Crippen LogP contribution < -0.4 is 0 Å². The summed E-state index contributed by atoms with van der Waals surface area (Å²) in [4.78, 5) is 36.8. The van der Waals surface area contributed by atoms with Crippen molar-refractivity contribution in [1.29, 1.82) is 0 Å². The number of allylic oxidation sites excluding steroid dienone is 1. The molecule has 2 aromatic carbocycles. The molecular weight excluding hydrogens is 288 g/mol. The zero-order chi connectivity index (χ0) is 16.8. The lowest BCUT2D eigenvalue weighted by molar-refractivity contribution is -0.114. The van der Waals surface area contributed by atoms with E-state index in [1.807, 2.05) is 6.07 Å². The van der Waals surface area contributed by atoms with Gasteiger partial charge in [0.15, 0.2) is 17.3 Å². The molecule has 0 bridgehead atoms. The summed E-state index contributed by atoms with van der Waals surface area (Å²) in [6, 6.07) is 17.4. The summed E-state index contributed by atoms with van der Waals surface area (Å²) >= 11 is 0. The summed E-state index contributed by atoms with van der Waals surface area (Å²) < 4.78 is 0. The van der Waals surface area contributed by atoms with Crippen molar-refractivity contribution < 1.29 is 14.4 Å². The Balaban J connectivity index is 2.28. The van der Waals surface area contributed by atoms with Gasteiger partial charge in [0.2, 0.25) is 0 Å². The molecule has 116 valence electrons. The first-order chi connectivity index (χ1) is 11.0. The Morgan fingerprint density at radius 1 is 0.870 bits per heavy atom. The van der Waals surface area contributed by atoms with Gasteiger partial charge in [0.1, 0.15) is 0 Å². The number of Topliss-reactive ketones (excluding diaryl/α,β-unsaturated/α-hetero) is 3. The van der Waals surface area contributed by atoms with Crippen LogP contribution >= 0.6 is 0 Å². The van der Waals surface area contributed by atoms with Gasteiger partial charge in [-0.1, -0.05) is 67.2 Å². The topological polar surface area (TPSA) is 51.2 Å². The molecule has 0 unspecified atom stereocenters. The normalized spacial score (nSPS) is 11.5. The molecule has 3 heteroatoms. The minimum atomic E-state index is -0.831. The maximum atomic E-state index is 12.7. The standard InChI is InChI=1S/C20H18O3/c1-14(15(2)21)18(20(23)17-11-7-4-8-12-17)13-19(22)16-9-5-3-6-10-16/h3-12,18H,1,13H2,2H3/t18-/m1/s1. The Labute approximate surface area is 135 Å². The molecule has 0 radical (unpaired) electrons. The van der Waals surface area contributed by atoms with Crippen molar-refractivity contribution in [1.82, 2.24) is 0 Å². The highest BCUT2D eigenvalue weighted by molar-refractivity contribution is 6.09. The predicted octanol–water partition coefficient (Wildman–Crippen LogP) is 3.90. The van der Waals surface area contributed by atoms with E-state index in [4.69, 9.17) is 0 Å². The van der Waals surface area contributed by atoms with Gasteiger partial charge < -0.3 is 0 Å². The minimum Gasteiger partial charge on any atom is -0.295 e. The van der Waals surface area contributed by atoms with Crippen molar-refractivity contribution >= 4 is 17.3 Å². The average Bonchev–Trinajstić information content (AvgIpc) is 2.59. The second-order valence-electron chi connectivity index (χ2n) is 5.36. The third-order valence-corrected chi connectivity index (χ3v) is 3.73. The summed E-state index contributed by atoms with van der Waals surface area (Å²) in [5, 5.41) is 0. The van der Waals surface area contributed by atoms with Crippen molar-refractivity contribution in [3.8, 4) is 0 Å². The number of ketones is 3. The fourth-order valence-electron chi connectivity index (χ4n) is 2.35. The van der Waals surface area contributed by atoms with Crippen molar-refractivity contribution in [3.05, 3.63) is 83.9 Å². The van der Waals surface area contributed by atoms with Gasteiger partial charge in [-0.25, -0.2) is 0 Å². The summed E-state index contributed by atoms with van der Waals surface area (Å²) in [6.45, 7) is 5.09. The number of carbonyl (C=O) groups excluding carboxylic acids is 3. The summed E-state index contributed by atoms with van der Waals surface area (Å²) in [7, 11) is 0. The monoisotopic (exact) mass is 306 g/mol. The quantitative estimate of drug-likeness (QED) is 0.576. The van der Waals surface area contributed by atoms with Crippen LogP contribution in [0.3, 0.4) is 0 Å². The molecule has 0 heterocycles. The first-order valence-corrected chi connectivity index (χ1v) is 7.38. The minimum absolute atomic E-state index is 0.0594. The first-order valence-electron chi connectivity index (χ1n) is 7.38. The van der Waals surface area contributed by atoms with Gasteiger partial charge in [0.05, 0.1) is 5.92 Å². The van der Waals surface area contributed by atoms with Gasteiger partial charge in [0, 0.05) is 17.5 Å². The van der Waals surface area contributed by atoms with E-state index in [2.05, 4.69) is 6.58 Å². The number of carbonyl (C=O) groups is 3. The average molecular weight is 306 g/mol. The molecule has 0 aromatic heterocycles. The Hall–Kier alpha value is -2.81. The van der Waals surface area contributed by atoms with Crippen LogP contribution in [-0.4, -0.2) is 17.3 Å². The molecule has 1 atom stereocenters. The van der Waals surface area contributed by atoms with Crippen molar-refractivity contribution in [3.63, 3.8) is 0 Å². The molecule has 0 saturated carbocycles. The van der Waals surface area contributed by atoms with E-state index in [0.717, 1.165) is 0 Å². The molecular formula is C20H18O3. The third-order valence-electron chi connectivity index (χ3n) is 3.73. The maximum absolute atomic E-state index is 12.7. The molecule has 0 N–H and O–H groups in total. The third kappa shape index (κ3) is 4.10. The summed E-state index contributed by atoms with van der Waals surface area (Å²) in [6.07, 6.45) is -0.0594. The van der Waals surface area contributed by atoms with Crippen LogP contribution in [0.5, 0.6) is 0 Å². The number of benzene rings is 2. The lowest BCUT2D eigenvalue weighted by atomic mass is 9.84. The van der Waals surface area contributed by atoms with Gasteiger partial charge >= 0.3 is 0 Å². The summed E-state index contributed by atoms with van der Waals surface area (Å²) in [5.41, 5.74) is 1.17. The molecule has 2 aromatic rings. The highest BCUT2D eigenvalue weighted by Gasteiger charge is 2.28. The van der Waals surface area contributed by atoms with Gasteiger partial charge in [-0.3, -0.25) is 14.4 Å². The Morgan fingerprint density at radius 3 is 1.83 bits per heavy atom. The summed E-state index contributed by atoms with van der Waals surface area (Å²) in [5.74, 6) is -1.54. The van der Waals surface area contributed by atoms with E-state index in [0.29, 0.717) is 11.1 Å². The zero-order valence-electron chi connectivity index (χ0n) is 13.0. The van der Waals surface area contributed by atoms with E-state index < -0.39 is 5.92 Å². The van der Waals surface area contributed by atoms with E-state index in [1.165, 1.54) is 6.92 Å². The Morgan fingerprint density at radius 2 is 1.35 bits per heavy atom. The number of rotatable bonds is 7. The van der Waals surface area contributed by atoms with Crippen molar-refractivity contribution in [2.45, 2.75) is 13.3 Å². The van der Waals surface area contributed by atoms with E-state index in [-0.39, 0.29) is 29.3 Å². The lowest BCUT2D eigenvalue weighted by Gasteiger charge is -2.16. The fourth-order valence-corrected chi connectivity index (χ4v) is 2.35. The largest absolute Gasteiger partial charge is 0.295 e. The fraction of sp³-hybridized carbons (Fsp3) is 0.150. The molecule has 0 amide bonds. The van der Waals surface area contributed by atoms with Crippen LogP contribution in [0.15, 0.2) is 72.8 Å². The molecule has 0 aliphatic rings. The van der Waals surface area contributed by atoms with Crippen LogP contribution in [0.4, 0.5) is 0 Å². The molecule has 0 aliphatic carbocycles. The first kappa shape index (κ1) is 16.6. The van der Waals surface area contributed by atoms with E-state index in [9.17, 15) is 14.4 Å². The molecule has 3 nitrogen and oxygen atoms in total. The van der Waals surface area contributed by atoms with Crippen molar-refractivity contribution in [2.75, 3.05) is 0 Å². The molecule has 0 fully saturated rings. The second kappa shape index (κ2) is 7.45. The molecule has 23 heavy (non-hydrogen) atoms. The van der Waals surface area contributed by atoms with Gasteiger partial charge in [-0.05, 0) is 12.5 Å². The second-order valence-corrected chi connectivity index (χ2v) is 5.36. The molecule has 2 rings (SSSR count). The lowest BCUT2D eigenvalue weighted by Crippen LogP contribution is -2.23. The molecule has 0 saturated heterocycles. The van der Waals surface area contributed by atoms with Crippen LogP contribution in [0.25, 0.3) is 0 Å². The molecule has 0 spiro atoms. The van der Waals surface area contributed by atoms with Crippen molar-refractivity contribution in [2.24, 2.45) is 5.92 Å². The molecule has 0 aliphatic heterocycles. The van der Waals surface area contributed by atoms with E-state index in [1.54, 1.807) is 54.6 Å². The predicted molar refractivity (Wildman–Crippen MR) is 89.5 cm³/mol. The van der Waals surface area contributed by atoms with Crippen LogP contribution in [0.1, 0.15) is 34.1 Å². The van der Waals surface area contributed by atoms with E-state index >= 15 is 0 Å². The van der Waals surface area contributed by atoms with Crippen LogP contribution in [-0.2, 0) is 4.79 Å². The Kier molecular flexibility index (Phi) is 5.36. The van der Waals surface area contributed by atoms with Gasteiger partial charge in [-0.15, -0.1) is 0 Å². The van der Waals surface area contributed by atoms with Crippen LogP contribution in [0.2, 0.25) is 0 Å². The number of hydrogen-bond acceptors (Lipinski definition) is 3. The SMILES string of the molecule is C=C(C(C)=O)[C@@H](CC(=O)c1ccccc1)C(=O)c1ccccc1. The van der Waals surface area contributed by atoms with Gasteiger partial charge in [0.25, 0.3) is 0 Å². The Bertz CT molecular complexity index is 730. The maximum Gasteiger partial charge on any atom is 0.170 e. The smallest absolute Gasteiger partial charge is 0.170 e. The van der Waals surface area contributed by atoms with Gasteiger partial charge in [-0.2, -0.15) is 0 Å². The highest BCUT2D eigenvalue weighted by atomic mass is 16.1.